The van der Waals surface area contributed by atoms with E-state index in [4.69, 9.17) is 4.74 Å². The van der Waals surface area contributed by atoms with Crippen LogP contribution in [0.15, 0.2) is 35.1 Å². The topological polar surface area (TPSA) is 101 Å². The van der Waals surface area contributed by atoms with Crippen molar-refractivity contribution in [1.82, 2.24) is 14.5 Å². The number of hydrogen-bond donors (Lipinski definition) is 3. The molecule has 0 spiro atoms. The van der Waals surface area contributed by atoms with Crippen LogP contribution in [0.1, 0.15) is 6.23 Å². The maximum absolute atomic E-state index is 10.4. The van der Waals surface area contributed by atoms with Crippen LogP contribution in [0.4, 0.5) is 0 Å². The van der Waals surface area contributed by atoms with Gasteiger partial charge >= 0.3 is 0 Å². The van der Waals surface area contributed by atoms with Crippen LogP contribution in [0.2, 0.25) is 0 Å². The summed E-state index contributed by atoms with van der Waals surface area (Å²) in [5.74, 6) is 0. The fourth-order valence-corrected chi connectivity index (χ4v) is 4.43. The molecule has 7 nitrogen and oxygen atoms in total. The molecule has 0 unspecified atom stereocenters. The van der Waals surface area contributed by atoms with Gasteiger partial charge in [-0.15, -0.1) is 23.1 Å². The summed E-state index contributed by atoms with van der Waals surface area (Å²) in [6, 6.07) is 3.98. The number of fused-ring (bicyclic) bond motifs is 1. The average Bonchev–Trinajstić information content (AvgIpc) is 3.34. The number of nitrogens with zero attached hydrogens (tertiary/aromatic N) is 3. The molecule has 0 radical (unpaired) electrons. The summed E-state index contributed by atoms with van der Waals surface area (Å²) in [6.07, 6.45) is 1.33. The first-order valence-electron chi connectivity index (χ1n) is 7.71. The number of thiophene rings is 1. The first kappa shape index (κ1) is 17.0. The van der Waals surface area contributed by atoms with Crippen molar-refractivity contribution in [3.8, 4) is 10.4 Å². The van der Waals surface area contributed by atoms with Crippen molar-refractivity contribution in [3.63, 3.8) is 0 Å². The Morgan fingerprint density at radius 2 is 2.16 bits per heavy atom. The van der Waals surface area contributed by atoms with Crippen molar-refractivity contribution >= 4 is 34.1 Å². The average molecular weight is 379 g/mol. The van der Waals surface area contributed by atoms with Gasteiger partial charge in [-0.05, 0) is 17.7 Å². The predicted octanol–water partition coefficient (Wildman–Crippen LogP) is 1.49. The number of ether oxygens (including phenoxy) is 1. The molecule has 4 heterocycles. The van der Waals surface area contributed by atoms with Crippen LogP contribution in [0.25, 0.3) is 21.5 Å². The van der Waals surface area contributed by atoms with Crippen molar-refractivity contribution in [2.75, 3.05) is 12.9 Å². The third-order valence-corrected chi connectivity index (χ3v) is 5.95. The van der Waals surface area contributed by atoms with Crippen molar-refractivity contribution in [2.45, 2.75) is 29.6 Å². The maximum Gasteiger partial charge on any atom is 0.164 e. The smallest absolute Gasteiger partial charge is 0.164 e. The zero-order valence-electron chi connectivity index (χ0n) is 13.3. The highest BCUT2D eigenvalue weighted by molar-refractivity contribution is 7.98. The van der Waals surface area contributed by atoms with Gasteiger partial charge in [0, 0.05) is 16.6 Å². The van der Waals surface area contributed by atoms with Gasteiger partial charge in [0.2, 0.25) is 0 Å². The van der Waals surface area contributed by atoms with E-state index in [1.54, 1.807) is 15.9 Å². The SMILES string of the molecule is CSc1ncnc2c1c(-c1cccs1)cn2[C@@H]1O[C@H](CO)[C@@H](O)[C@H]1O. The summed E-state index contributed by atoms with van der Waals surface area (Å²) in [6.45, 7) is -0.364. The van der Waals surface area contributed by atoms with Gasteiger partial charge in [0.15, 0.2) is 6.23 Å². The van der Waals surface area contributed by atoms with Crippen LogP contribution >= 0.6 is 23.1 Å². The van der Waals surface area contributed by atoms with Crippen LogP contribution in [0.5, 0.6) is 0 Å². The number of rotatable bonds is 4. The van der Waals surface area contributed by atoms with E-state index >= 15 is 0 Å². The molecule has 0 aliphatic carbocycles. The third kappa shape index (κ3) is 2.67. The molecule has 25 heavy (non-hydrogen) atoms. The van der Waals surface area contributed by atoms with Gasteiger partial charge in [-0.25, -0.2) is 9.97 Å². The Morgan fingerprint density at radius 3 is 2.80 bits per heavy atom. The molecular formula is C16H17N3O4S2. The zero-order chi connectivity index (χ0) is 17.6. The van der Waals surface area contributed by atoms with E-state index in [-0.39, 0.29) is 6.61 Å². The van der Waals surface area contributed by atoms with E-state index < -0.39 is 24.5 Å². The van der Waals surface area contributed by atoms with Crippen molar-refractivity contribution < 1.29 is 20.1 Å². The van der Waals surface area contributed by atoms with E-state index in [0.29, 0.717) is 5.65 Å². The molecular weight excluding hydrogens is 362 g/mol. The van der Waals surface area contributed by atoms with Gasteiger partial charge < -0.3 is 24.6 Å². The van der Waals surface area contributed by atoms with Crippen LogP contribution in [-0.4, -0.2) is 61.0 Å². The lowest BCUT2D eigenvalue weighted by Crippen LogP contribution is -2.33. The quantitative estimate of drug-likeness (QED) is 0.466. The van der Waals surface area contributed by atoms with Crippen LogP contribution in [0.3, 0.4) is 0 Å². The minimum Gasteiger partial charge on any atom is -0.394 e. The van der Waals surface area contributed by atoms with Crippen molar-refractivity contribution in [1.29, 1.82) is 0 Å². The molecule has 3 aromatic heterocycles. The van der Waals surface area contributed by atoms with Crippen molar-refractivity contribution in [2.24, 2.45) is 0 Å². The van der Waals surface area contributed by atoms with Gasteiger partial charge in [-0.1, -0.05) is 6.07 Å². The molecule has 0 saturated carbocycles. The number of aromatic nitrogens is 3. The Kier molecular flexibility index (Phi) is 4.52. The first-order chi connectivity index (χ1) is 12.2. The van der Waals surface area contributed by atoms with Crippen molar-refractivity contribution in [3.05, 3.63) is 30.0 Å². The summed E-state index contributed by atoms with van der Waals surface area (Å²) >= 11 is 3.12. The summed E-state index contributed by atoms with van der Waals surface area (Å²) in [4.78, 5) is 9.79. The third-order valence-electron chi connectivity index (χ3n) is 4.35. The second-order valence-corrected chi connectivity index (χ2v) is 7.48. The highest BCUT2D eigenvalue weighted by Crippen LogP contribution is 2.40. The lowest BCUT2D eigenvalue weighted by Gasteiger charge is -2.17. The monoisotopic (exact) mass is 379 g/mol. The number of aliphatic hydroxyl groups is 3. The Labute approximate surface area is 151 Å². The Morgan fingerprint density at radius 1 is 1.32 bits per heavy atom. The standard InChI is InChI=1S/C16H17N3O4S2/c1-24-15-11-8(10-3-2-4-25-10)5-19(14(11)17-7-18-15)16-13(22)12(21)9(6-20)23-16/h2-5,7,9,12-13,16,20-22H,6H2,1H3/t9-,12-,13-,16-/m1/s1. The molecule has 4 rings (SSSR count). The molecule has 0 aromatic carbocycles. The molecule has 0 amide bonds. The number of hydrogen-bond acceptors (Lipinski definition) is 8. The van der Waals surface area contributed by atoms with Crippen LogP contribution in [0, 0.1) is 0 Å². The molecule has 9 heteroatoms. The van der Waals surface area contributed by atoms with Gasteiger partial charge in [0.25, 0.3) is 0 Å². The van der Waals surface area contributed by atoms with Gasteiger partial charge in [-0.2, -0.15) is 0 Å². The normalized spacial score (nSPS) is 26.6. The molecule has 132 valence electrons. The summed E-state index contributed by atoms with van der Waals surface area (Å²) in [5, 5.41) is 33.5. The van der Waals surface area contributed by atoms with E-state index in [2.05, 4.69) is 9.97 Å². The van der Waals surface area contributed by atoms with Gasteiger partial charge in [0.05, 0.1) is 12.0 Å². The Balaban J connectivity index is 1.91. The minimum atomic E-state index is -1.16. The fourth-order valence-electron chi connectivity index (χ4n) is 3.13. The molecule has 3 N–H and O–H groups in total. The Bertz CT molecular complexity index is 883. The van der Waals surface area contributed by atoms with E-state index in [1.807, 2.05) is 30.0 Å². The molecule has 1 aliphatic rings. The lowest BCUT2D eigenvalue weighted by atomic mass is 10.1. The second-order valence-electron chi connectivity index (χ2n) is 5.74. The highest BCUT2D eigenvalue weighted by Gasteiger charge is 2.44. The molecule has 1 aliphatic heterocycles. The molecule has 1 fully saturated rings. The fraction of sp³-hybridized carbons (Fsp3) is 0.375. The van der Waals surface area contributed by atoms with Gasteiger partial charge in [0.1, 0.15) is 35.3 Å². The summed E-state index contributed by atoms with van der Waals surface area (Å²) < 4.78 is 7.40. The van der Waals surface area contributed by atoms with Gasteiger partial charge in [-0.3, -0.25) is 0 Å². The summed E-state index contributed by atoms with van der Waals surface area (Å²) in [5.41, 5.74) is 1.57. The molecule has 0 bridgehead atoms. The van der Waals surface area contributed by atoms with E-state index in [1.165, 1.54) is 18.1 Å². The molecule has 3 aromatic rings. The van der Waals surface area contributed by atoms with Crippen LogP contribution in [-0.2, 0) is 4.74 Å². The largest absolute Gasteiger partial charge is 0.394 e. The Hall–Kier alpha value is -1.49. The van der Waals surface area contributed by atoms with E-state index in [0.717, 1.165) is 20.9 Å². The second kappa shape index (κ2) is 6.67. The maximum atomic E-state index is 10.4. The molecule has 1 saturated heterocycles. The number of thioether (sulfide) groups is 1. The van der Waals surface area contributed by atoms with Crippen LogP contribution < -0.4 is 0 Å². The first-order valence-corrected chi connectivity index (χ1v) is 9.82. The minimum absolute atomic E-state index is 0.364. The predicted molar refractivity (Wildman–Crippen MR) is 95.6 cm³/mol. The highest BCUT2D eigenvalue weighted by atomic mass is 32.2. The number of aliphatic hydroxyl groups excluding tert-OH is 3. The lowest BCUT2D eigenvalue weighted by molar-refractivity contribution is -0.0508. The van der Waals surface area contributed by atoms with E-state index in [9.17, 15) is 15.3 Å². The zero-order valence-corrected chi connectivity index (χ0v) is 14.9. The summed E-state index contributed by atoms with van der Waals surface area (Å²) in [7, 11) is 0. The molecule has 4 atom stereocenters.